The average Bonchev–Trinajstić information content (AvgIpc) is 2.03. The molecule has 0 aliphatic rings. The minimum Gasteiger partial charge on any atom is -0.426 e. The number of hydrogen-bond acceptors (Lipinski definition) is 3. The second-order valence-corrected chi connectivity index (χ2v) is 2.81. The Bertz CT molecular complexity index is 321. The third-order valence-electron chi connectivity index (χ3n) is 1.73. The number of nitrogens with two attached hydrogens (primary N) is 1. The number of benzene rings is 1. The molecule has 0 bridgehead atoms. The highest BCUT2D eigenvalue weighted by atomic mass is 16.5. The fourth-order valence-electron chi connectivity index (χ4n) is 1.11. The summed E-state index contributed by atoms with van der Waals surface area (Å²) in [5, 5.41) is 0. The molecule has 0 aliphatic carbocycles. The lowest BCUT2D eigenvalue weighted by Crippen LogP contribution is -2.04. The van der Waals surface area contributed by atoms with E-state index in [2.05, 4.69) is 0 Å². The van der Waals surface area contributed by atoms with Crippen molar-refractivity contribution in [3.63, 3.8) is 0 Å². The topological polar surface area (TPSA) is 52.3 Å². The van der Waals surface area contributed by atoms with Crippen LogP contribution >= 0.6 is 0 Å². The van der Waals surface area contributed by atoms with E-state index in [0.29, 0.717) is 11.4 Å². The second kappa shape index (κ2) is 3.94. The normalized spacial score (nSPS) is 9.69. The zero-order valence-corrected chi connectivity index (χ0v) is 7.83. The van der Waals surface area contributed by atoms with Gasteiger partial charge in [-0.05, 0) is 18.1 Å². The van der Waals surface area contributed by atoms with Gasteiger partial charge in [0.25, 0.3) is 0 Å². The van der Waals surface area contributed by atoms with Crippen LogP contribution in [0, 0.1) is 0 Å². The molecular formula is C10H13NO2. The number of carbonyl (C=O) groups is 1. The molecule has 13 heavy (non-hydrogen) atoms. The van der Waals surface area contributed by atoms with Crippen molar-refractivity contribution in [3.8, 4) is 5.75 Å². The lowest BCUT2D eigenvalue weighted by atomic mass is 10.1. The molecule has 3 heteroatoms. The molecule has 0 unspecified atom stereocenters. The number of rotatable bonds is 2. The van der Waals surface area contributed by atoms with Gasteiger partial charge in [0, 0.05) is 18.7 Å². The van der Waals surface area contributed by atoms with E-state index in [1.807, 2.05) is 13.0 Å². The van der Waals surface area contributed by atoms with E-state index in [4.69, 9.17) is 10.5 Å². The first-order chi connectivity index (χ1) is 6.13. The predicted molar refractivity (Wildman–Crippen MR) is 51.5 cm³/mol. The zero-order chi connectivity index (χ0) is 9.84. The predicted octanol–water partition coefficient (Wildman–Crippen LogP) is 1.76. The van der Waals surface area contributed by atoms with Gasteiger partial charge >= 0.3 is 5.97 Å². The van der Waals surface area contributed by atoms with Gasteiger partial charge in [0.2, 0.25) is 0 Å². The molecule has 1 rings (SSSR count). The van der Waals surface area contributed by atoms with Gasteiger partial charge in [0.15, 0.2) is 0 Å². The van der Waals surface area contributed by atoms with Crippen molar-refractivity contribution < 1.29 is 9.53 Å². The van der Waals surface area contributed by atoms with Gasteiger partial charge in [-0.2, -0.15) is 0 Å². The standard InChI is InChI=1S/C10H13NO2/c1-3-8-4-5-9(11)6-10(8)13-7(2)12/h4-6H,3,11H2,1-2H3. The Morgan fingerprint density at radius 1 is 1.54 bits per heavy atom. The van der Waals surface area contributed by atoms with Gasteiger partial charge in [-0.25, -0.2) is 0 Å². The van der Waals surface area contributed by atoms with Crippen LogP contribution in [0.5, 0.6) is 5.75 Å². The fraction of sp³-hybridized carbons (Fsp3) is 0.300. The summed E-state index contributed by atoms with van der Waals surface area (Å²) in [7, 11) is 0. The Morgan fingerprint density at radius 2 is 2.23 bits per heavy atom. The highest BCUT2D eigenvalue weighted by Crippen LogP contribution is 2.22. The van der Waals surface area contributed by atoms with Crippen LogP contribution < -0.4 is 10.5 Å². The quantitative estimate of drug-likeness (QED) is 0.427. The van der Waals surface area contributed by atoms with Crippen molar-refractivity contribution in [2.75, 3.05) is 5.73 Å². The van der Waals surface area contributed by atoms with Crippen LogP contribution in [0.1, 0.15) is 19.4 Å². The van der Waals surface area contributed by atoms with Gasteiger partial charge < -0.3 is 10.5 Å². The van der Waals surface area contributed by atoms with E-state index in [1.54, 1.807) is 12.1 Å². The number of ether oxygens (including phenoxy) is 1. The Hall–Kier alpha value is -1.51. The molecule has 0 saturated carbocycles. The molecule has 0 amide bonds. The van der Waals surface area contributed by atoms with E-state index in [-0.39, 0.29) is 5.97 Å². The first kappa shape index (κ1) is 9.58. The minimum atomic E-state index is -0.319. The first-order valence-corrected chi connectivity index (χ1v) is 4.20. The molecule has 0 spiro atoms. The van der Waals surface area contributed by atoms with E-state index in [1.165, 1.54) is 6.92 Å². The van der Waals surface area contributed by atoms with Crippen molar-refractivity contribution in [2.24, 2.45) is 0 Å². The molecule has 2 N–H and O–H groups in total. The van der Waals surface area contributed by atoms with Crippen molar-refractivity contribution >= 4 is 11.7 Å². The minimum absolute atomic E-state index is 0.319. The number of anilines is 1. The highest BCUT2D eigenvalue weighted by Gasteiger charge is 2.04. The molecule has 0 atom stereocenters. The Balaban J connectivity index is 3.01. The number of nitrogen functional groups attached to an aromatic ring is 1. The summed E-state index contributed by atoms with van der Waals surface area (Å²) in [6.45, 7) is 3.38. The fourth-order valence-corrected chi connectivity index (χ4v) is 1.11. The van der Waals surface area contributed by atoms with Crippen LogP contribution in [-0.4, -0.2) is 5.97 Å². The van der Waals surface area contributed by atoms with Gasteiger partial charge in [0.1, 0.15) is 5.75 Å². The smallest absolute Gasteiger partial charge is 0.308 e. The van der Waals surface area contributed by atoms with E-state index < -0.39 is 0 Å². The van der Waals surface area contributed by atoms with Crippen LogP contribution in [0.4, 0.5) is 5.69 Å². The molecular weight excluding hydrogens is 166 g/mol. The van der Waals surface area contributed by atoms with Gasteiger partial charge in [-0.1, -0.05) is 13.0 Å². The van der Waals surface area contributed by atoms with Crippen molar-refractivity contribution in [2.45, 2.75) is 20.3 Å². The van der Waals surface area contributed by atoms with Crippen LogP contribution in [0.15, 0.2) is 18.2 Å². The van der Waals surface area contributed by atoms with Crippen molar-refractivity contribution in [1.82, 2.24) is 0 Å². The summed E-state index contributed by atoms with van der Waals surface area (Å²) in [6, 6.07) is 5.33. The maximum absolute atomic E-state index is 10.7. The molecule has 0 heterocycles. The third kappa shape index (κ3) is 2.47. The summed E-state index contributed by atoms with van der Waals surface area (Å²) in [5.41, 5.74) is 7.16. The number of esters is 1. The van der Waals surface area contributed by atoms with Gasteiger partial charge in [-0.15, -0.1) is 0 Å². The lowest BCUT2D eigenvalue weighted by Gasteiger charge is -2.07. The maximum atomic E-state index is 10.7. The molecule has 0 aliphatic heterocycles. The van der Waals surface area contributed by atoms with Crippen molar-refractivity contribution in [3.05, 3.63) is 23.8 Å². The van der Waals surface area contributed by atoms with Crippen LogP contribution in [-0.2, 0) is 11.2 Å². The molecule has 1 aromatic rings. The van der Waals surface area contributed by atoms with E-state index in [0.717, 1.165) is 12.0 Å². The van der Waals surface area contributed by atoms with Gasteiger partial charge in [-0.3, -0.25) is 4.79 Å². The van der Waals surface area contributed by atoms with E-state index >= 15 is 0 Å². The second-order valence-electron chi connectivity index (χ2n) is 2.81. The molecule has 0 saturated heterocycles. The summed E-state index contributed by atoms with van der Waals surface area (Å²) < 4.78 is 5.00. The lowest BCUT2D eigenvalue weighted by molar-refractivity contribution is -0.131. The Labute approximate surface area is 77.5 Å². The first-order valence-electron chi connectivity index (χ1n) is 4.20. The Kier molecular flexibility index (Phi) is 2.90. The average molecular weight is 179 g/mol. The molecule has 0 radical (unpaired) electrons. The van der Waals surface area contributed by atoms with Crippen LogP contribution in [0.25, 0.3) is 0 Å². The van der Waals surface area contributed by atoms with Crippen LogP contribution in [0.2, 0.25) is 0 Å². The maximum Gasteiger partial charge on any atom is 0.308 e. The van der Waals surface area contributed by atoms with E-state index in [9.17, 15) is 4.79 Å². The van der Waals surface area contributed by atoms with Gasteiger partial charge in [0.05, 0.1) is 0 Å². The summed E-state index contributed by atoms with van der Waals surface area (Å²) in [6.07, 6.45) is 0.822. The number of carbonyl (C=O) groups excluding carboxylic acids is 1. The molecule has 0 aromatic heterocycles. The molecule has 0 fully saturated rings. The number of aryl methyl sites for hydroxylation is 1. The number of hydrogen-bond donors (Lipinski definition) is 1. The SMILES string of the molecule is CCc1ccc(N)cc1OC(C)=O. The Morgan fingerprint density at radius 3 is 2.77 bits per heavy atom. The third-order valence-corrected chi connectivity index (χ3v) is 1.73. The highest BCUT2D eigenvalue weighted by molar-refractivity contribution is 5.70. The monoisotopic (exact) mass is 179 g/mol. The van der Waals surface area contributed by atoms with Crippen molar-refractivity contribution in [1.29, 1.82) is 0 Å². The molecule has 3 nitrogen and oxygen atoms in total. The molecule has 70 valence electrons. The zero-order valence-electron chi connectivity index (χ0n) is 7.83. The summed E-state index contributed by atoms with van der Waals surface area (Å²) in [4.78, 5) is 10.7. The largest absolute Gasteiger partial charge is 0.426 e. The summed E-state index contributed by atoms with van der Waals surface area (Å²) in [5.74, 6) is 0.246. The molecule has 1 aromatic carbocycles. The summed E-state index contributed by atoms with van der Waals surface area (Å²) >= 11 is 0. The van der Waals surface area contributed by atoms with Crippen LogP contribution in [0.3, 0.4) is 0 Å².